The van der Waals surface area contributed by atoms with Crippen molar-refractivity contribution in [3.8, 4) is 11.5 Å². The smallest absolute Gasteiger partial charge is 0.333 e. The molecule has 0 bridgehead atoms. The maximum absolute atomic E-state index is 12.9. The van der Waals surface area contributed by atoms with Crippen molar-refractivity contribution >= 4 is 46.6 Å². The molecule has 0 saturated heterocycles. The summed E-state index contributed by atoms with van der Waals surface area (Å²) in [6.45, 7) is 4.29. The minimum atomic E-state index is -1.07. The number of aromatic nitrogens is 1. The van der Waals surface area contributed by atoms with Crippen molar-refractivity contribution in [2.75, 3.05) is 7.11 Å². The Labute approximate surface area is 224 Å². The molecule has 192 valence electrons. The Morgan fingerprint density at radius 2 is 1.43 bits per heavy atom. The van der Waals surface area contributed by atoms with Gasteiger partial charge in [-0.3, -0.25) is 9.59 Å². The number of nitrogens with zero attached hydrogens (tertiary/aromatic N) is 1. The van der Waals surface area contributed by atoms with E-state index in [1.165, 1.54) is 33.2 Å². The number of nitrogens with one attached hydrogen (secondary N) is 1. The van der Waals surface area contributed by atoms with Gasteiger partial charge < -0.3 is 19.5 Å². The molecular formula is C27H24Cl2N2O6. The van der Waals surface area contributed by atoms with E-state index in [2.05, 4.69) is 10.3 Å². The maximum atomic E-state index is 12.9. The van der Waals surface area contributed by atoms with Gasteiger partial charge in [-0.15, -0.1) is 0 Å². The van der Waals surface area contributed by atoms with Crippen molar-refractivity contribution in [3.05, 3.63) is 93.4 Å². The molecule has 0 radical (unpaired) electrons. The molecule has 1 aromatic heterocycles. The Bertz CT molecular complexity index is 1290. The second kappa shape index (κ2) is 12.4. The van der Waals surface area contributed by atoms with Gasteiger partial charge in [-0.25, -0.2) is 9.78 Å². The number of hydrogen-bond donors (Lipinski definition) is 1. The summed E-state index contributed by atoms with van der Waals surface area (Å²) in [6, 6.07) is 14.5. The molecule has 0 unspecified atom stereocenters. The van der Waals surface area contributed by atoms with E-state index in [4.69, 9.17) is 37.4 Å². The van der Waals surface area contributed by atoms with Crippen LogP contribution in [-0.4, -0.2) is 36.0 Å². The number of amides is 1. The number of methoxy groups -OCH3 is 1. The average Bonchev–Trinajstić information content (AvgIpc) is 2.86. The van der Waals surface area contributed by atoms with Gasteiger partial charge in [0.15, 0.2) is 11.4 Å². The summed E-state index contributed by atoms with van der Waals surface area (Å²) in [4.78, 5) is 41.3. The van der Waals surface area contributed by atoms with E-state index in [0.717, 1.165) is 11.1 Å². The number of halogens is 2. The van der Waals surface area contributed by atoms with E-state index in [1.54, 1.807) is 55.5 Å². The molecule has 37 heavy (non-hydrogen) atoms. The highest BCUT2D eigenvalue weighted by atomic mass is 35.5. The largest absolute Gasteiger partial charge is 0.493 e. The second-order valence-corrected chi connectivity index (χ2v) is 8.72. The van der Waals surface area contributed by atoms with Crippen LogP contribution in [0.4, 0.5) is 0 Å². The van der Waals surface area contributed by atoms with Gasteiger partial charge in [-0.05, 0) is 49.2 Å². The molecule has 3 rings (SSSR count). The fourth-order valence-electron chi connectivity index (χ4n) is 3.42. The highest BCUT2D eigenvalue weighted by Crippen LogP contribution is 2.31. The van der Waals surface area contributed by atoms with Crippen LogP contribution in [-0.2, 0) is 14.3 Å². The molecule has 0 fully saturated rings. The van der Waals surface area contributed by atoms with Crippen molar-refractivity contribution in [2.45, 2.75) is 26.8 Å². The zero-order valence-electron chi connectivity index (χ0n) is 20.5. The first-order valence-electron chi connectivity index (χ1n) is 11.1. The van der Waals surface area contributed by atoms with Gasteiger partial charge in [0.1, 0.15) is 11.8 Å². The van der Waals surface area contributed by atoms with Crippen LogP contribution in [0, 0.1) is 0 Å². The lowest BCUT2D eigenvalue weighted by Gasteiger charge is -2.18. The van der Waals surface area contributed by atoms with Gasteiger partial charge in [0.05, 0.1) is 7.11 Å². The van der Waals surface area contributed by atoms with Crippen LogP contribution in [0.25, 0.3) is 5.57 Å². The van der Waals surface area contributed by atoms with Crippen molar-refractivity contribution in [1.82, 2.24) is 10.3 Å². The van der Waals surface area contributed by atoms with Gasteiger partial charge in [-0.1, -0.05) is 47.5 Å². The quantitative estimate of drug-likeness (QED) is 0.297. The topological polar surface area (TPSA) is 104 Å². The van der Waals surface area contributed by atoms with E-state index in [-0.39, 0.29) is 17.2 Å². The lowest BCUT2D eigenvalue weighted by Crippen LogP contribution is -2.40. The fourth-order valence-corrected chi connectivity index (χ4v) is 3.67. The highest BCUT2D eigenvalue weighted by molar-refractivity contribution is 6.31. The first-order chi connectivity index (χ1) is 17.6. The molecule has 2 aromatic carbocycles. The van der Waals surface area contributed by atoms with Crippen LogP contribution in [0.1, 0.15) is 42.4 Å². The number of ether oxygens (including phenoxy) is 3. The Morgan fingerprint density at radius 3 is 1.92 bits per heavy atom. The number of benzene rings is 2. The molecule has 0 aliphatic heterocycles. The normalized spacial score (nSPS) is 11.2. The number of rotatable bonds is 8. The van der Waals surface area contributed by atoms with Gasteiger partial charge in [0.2, 0.25) is 5.75 Å². The molecule has 3 aromatic rings. The SMILES string of the molecule is COc1ccnc(C(=O)N[C@@H](C)C(=O)OC(C)=C(c2ccc(Cl)cc2)c2ccc(Cl)cc2)c1OC(C)=O. The molecule has 1 amide bonds. The lowest BCUT2D eigenvalue weighted by molar-refractivity contribution is -0.141. The van der Waals surface area contributed by atoms with E-state index in [0.29, 0.717) is 21.4 Å². The minimum absolute atomic E-state index is 0.139. The summed E-state index contributed by atoms with van der Waals surface area (Å²) in [5, 5.41) is 3.64. The van der Waals surface area contributed by atoms with E-state index in [1.807, 2.05) is 0 Å². The standard InChI is InChI=1S/C27H24Cl2N2O6/c1-15(31-26(33)24-25(37-17(3)32)22(35-4)13-14-30-24)27(34)36-16(2)23(18-5-9-20(28)10-6-18)19-7-11-21(29)12-8-19/h5-15H,1-4H3,(H,31,33)/t15-/m0/s1. The fraction of sp³-hybridized carbons (Fsp3) is 0.185. The molecule has 10 heteroatoms. The third kappa shape index (κ3) is 7.09. The third-order valence-corrected chi connectivity index (χ3v) is 5.63. The zero-order chi connectivity index (χ0) is 27.1. The number of carbonyl (C=O) groups is 3. The van der Waals surface area contributed by atoms with Crippen LogP contribution < -0.4 is 14.8 Å². The highest BCUT2D eigenvalue weighted by Gasteiger charge is 2.25. The zero-order valence-corrected chi connectivity index (χ0v) is 22.0. The van der Waals surface area contributed by atoms with Crippen LogP contribution >= 0.6 is 23.2 Å². The number of hydrogen-bond acceptors (Lipinski definition) is 7. The Kier molecular flexibility index (Phi) is 9.27. The van der Waals surface area contributed by atoms with Crippen LogP contribution in [0.15, 0.2) is 66.6 Å². The third-order valence-electron chi connectivity index (χ3n) is 5.12. The van der Waals surface area contributed by atoms with Gasteiger partial charge >= 0.3 is 11.9 Å². The summed E-state index contributed by atoms with van der Waals surface area (Å²) in [6.07, 6.45) is 1.32. The predicted octanol–water partition coefficient (Wildman–Crippen LogP) is 5.46. The monoisotopic (exact) mass is 542 g/mol. The molecule has 0 aliphatic rings. The number of pyridine rings is 1. The Balaban J connectivity index is 1.86. The Hall–Kier alpha value is -3.88. The summed E-state index contributed by atoms with van der Waals surface area (Å²) in [5.74, 6) is -1.85. The first kappa shape index (κ1) is 27.7. The second-order valence-electron chi connectivity index (χ2n) is 7.85. The number of allylic oxidation sites excluding steroid dienone is 1. The molecule has 0 saturated carbocycles. The van der Waals surface area contributed by atoms with E-state index < -0.39 is 23.9 Å². The summed E-state index contributed by atoms with van der Waals surface area (Å²) < 4.78 is 15.9. The molecule has 1 heterocycles. The predicted molar refractivity (Wildman–Crippen MR) is 140 cm³/mol. The molecule has 1 N–H and O–H groups in total. The lowest BCUT2D eigenvalue weighted by atomic mass is 9.97. The van der Waals surface area contributed by atoms with Crippen molar-refractivity contribution in [2.24, 2.45) is 0 Å². The van der Waals surface area contributed by atoms with Gasteiger partial charge in [-0.2, -0.15) is 0 Å². The van der Waals surface area contributed by atoms with Crippen molar-refractivity contribution in [3.63, 3.8) is 0 Å². The molecular weight excluding hydrogens is 519 g/mol. The summed E-state index contributed by atoms with van der Waals surface area (Å²) in [7, 11) is 1.36. The minimum Gasteiger partial charge on any atom is -0.493 e. The van der Waals surface area contributed by atoms with Gasteiger partial charge in [0.25, 0.3) is 5.91 Å². The van der Waals surface area contributed by atoms with E-state index >= 15 is 0 Å². The Morgan fingerprint density at radius 1 is 0.892 bits per heavy atom. The molecule has 0 spiro atoms. The first-order valence-corrected chi connectivity index (χ1v) is 11.8. The van der Waals surface area contributed by atoms with E-state index in [9.17, 15) is 14.4 Å². The van der Waals surface area contributed by atoms with Crippen LogP contribution in [0.5, 0.6) is 11.5 Å². The van der Waals surface area contributed by atoms with Crippen molar-refractivity contribution < 1.29 is 28.6 Å². The average molecular weight is 543 g/mol. The van der Waals surface area contributed by atoms with Gasteiger partial charge in [0, 0.05) is 34.8 Å². The summed E-state index contributed by atoms with van der Waals surface area (Å²) in [5.41, 5.74) is 1.96. The van der Waals surface area contributed by atoms with Crippen LogP contribution in [0.2, 0.25) is 10.0 Å². The number of esters is 2. The molecule has 1 atom stereocenters. The molecule has 0 aliphatic carbocycles. The van der Waals surface area contributed by atoms with Crippen LogP contribution in [0.3, 0.4) is 0 Å². The molecule has 8 nitrogen and oxygen atoms in total. The number of carbonyl (C=O) groups excluding carboxylic acids is 3. The maximum Gasteiger partial charge on any atom is 0.333 e. The summed E-state index contributed by atoms with van der Waals surface area (Å²) >= 11 is 12.1. The van der Waals surface area contributed by atoms with Crippen molar-refractivity contribution in [1.29, 1.82) is 0 Å².